The van der Waals surface area contributed by atoms with E-state index >= 15 is 0 Å². The van der Waals surface area contributed by atoms with Crippen molar-refractivity contribution in [1.29, 1.82) is 0 Å². The van der Waals surface area contributed by atoms with Crippen LogP contribution in [-0.2, 0) is 34.8 Å². The van der Waals surface area contributed by atoms with Crippen LogP contribution < -0.4 is 27.2 Å². The molecule has 25 heteroatoms. The Kier molecular flexibility index (Phi) is 12.6. The quantitative estimate of drug-likeness (QED) is 0.0441. The van der Waals surface area contributed by atoms with Crippen LogP contribution in [0.25, 0.3) is 17.1 Å². The second kappa shape index (κ2) is 17.2. The number of rotatable bonds is 16. The molecule has 0 aliphatic carbocycles. The van der Waals surface area contributed by atoms with Crippen molar-refractivity contribution in [3.05, 3.63) is 81.8 Å². The summed E-state index contributed by atoms with van der Waals surface area (Å²) in [7, 11) is -4.99. The van der Waals surface area contributed by atoms with Gasteiger partial charge in [0.1, 0.15) is 24.4 Å². The molecule has 4 aromatic rings. The summed E-state index contributed by atoms with van der Waals surface area (Å²) < 4.78 is 22.2. The molecule has 302 valence electrons. The molecule has 0 bridgehead atoms. The standard InChI is InChI=1S/C32H34N9O15P/c33-27(47)24-19(41(13-35-24)30-26(46)25(45)20(56-30)12-55-57(52,53)54)8-9-21(42)40(11-15-3-6-17-23(36-15)29(49)39-32(34)38-17)16-4-1-14(2-5-16)28(48)37-18(31(50)51)7-10-22(43)44/h1-6,8-9,13,18,20,25-26,30,45-46H,7,10-12H2,(H2,33,47)(H,37,48)(H,43,44)(H,50,51)(H2,52,53,54)(H3,34,38,39,49). The molecule has 1 saturated heterocycles. The molecule has 1 aromatic carbocycles. The molecule has 3 amide bonds. The number of anilines is 2. The molecule has 5 atom stereocenters. The first-order valence-corrected chi connectivity index (χ1v) is 17.9. The Hall–Kier alpha value is -6.40. The predicted octanol–water partition coefficient (Wildman–Crippen LogP) is -1.78. The van der Waals surface area contributed by atoms with Crippen LogP contribution in [0.1, 0.15) is 51.3 Å². The number of pyridine rings is 1. The fourth-order valence-corrected chi connectivity index (χ4v) is 5.97. The average molecular weight is 816 g/mol. The van der Waals surface area contributed by atoms with Gasteiger partial charge < -0.3 is 61.2 Å². The van der Waals surface area contributed by atoms with Crippen LogP contribution in [0.15, 0.2) is 53.6 Å². The minimum atomic E-state index is -4.99. The highest BCUT2D eigenvalue weighted by atomic mass is 31.2. The van der Waals surface area contributed by atoms with Crippen LogP contribution in [0.3, 0.4) is 0 Å². The van der Waals surface area contributed by atoms with E-state index < -0.39 is 92.3 Å². The van der Waals surface area contributed by atoms with Gasteiger partial charge in [-0.05, 0) is 48.9 Å². The maximum absolute atomic E-state index is 14.0. The van der Waals surface area contributed by atoms with Crippen LogP contribution in [-0.4, -0.2) is 115 Å². The molecule has 1 fully saturated rings. The van der Waals surface area contributed by atoms with Crippen molar-refractivity contribution in [2.24, 2.45) is 5.73 Å². The van der Waals surface area contributed by atoms with Gasteiger partial charge in [0, 0.05) is 23.7 Å². The number of phosphoric acid groups is 1. The zero-order chi connectivity index (χ0) is 41.8. The number of hydrogen-bond acceptors (Lipinski definition) is 15. The number of amides is 3. The highest BCUT2D eigenvalue weighted by Crippen LogP contribution is 2.39. The molecule has 5 unspecified atom stereocenters. The third-order valence-electron chi connectivity index (χ3n) is 8.37. The number of primary amides is 1. The average Bonchev–Trinajstić information content (AvgIpc) is 3.69. The van der Waals surface area contributed by atoms with Gasteiger partial charge >= 0.3 is 19.8 Å². The molecule has 24 nitrogen and oxygen atoms in total. The molecular weight excluding hydrogens is 781 g/mol. The second-order valence-corrected chi connectivity index (χ2v) is 13.5. The fraction of sp³-hybridized carbons (Fsp3) is 0.281. The van der Waals surface area contributed by atoms with E-state index in [1.165, 1.54) is 36.4 Å². The summed E-state index contributed by atoms with van der Waals surface area (Å²) in [5.41, 5.74) is 10.1. The number of H-pyrrole nitrogens is 1. The summed E-state index contributed by atoms with van der Waals surface area (Å²) in [6, 6.07) is 6.55. The number of aliphatic carboxylic acids is 2. The van der Waals surface area contributed by atoms with E-state index in [0.717, 1.165) is 27.9 Å². The van der Waals surface area contributed by atoms with E-state index in [4.69, 9.17) is 31.1 Å². The van der Waals surface area contributed by atoms with E-state index in [-0.39, 0.29) is 52.6 Å². The fourth-order valence-electron chi connectivity index (χ4n) is 5.62. The maximum Gasteiger partial charge on any atom is 0.469 e. The van der Waals surface area contributed by atoms with Crippen LogP contribution in [0.5, 0.6) is 0 Å². The van der Waals surface area contributed by atoms with Gasteiger partial charge in [-0.1, -0.05) is 0 Å². The number of imidazole rings is 1. The Morgan fingerprint density at radius 1 is 1.07 bits per heavy atom. The number of carbonyl (C=O) groups is 5. The van der Waals surface area contributed by atoms with Crippen LogP contribution in [0.2, 0.25) is 0 Å². The van der Waals surface area contributed by atoms with Crippen molar-refractivity contribution >= 4 is 66.2 Å². The SMILES string of the molecule is NC(=O)c1ncn(C2OC(COP(=O)(O)O)C(O)C2O)c1C=CC(=O)N(Cc1ccc2nc(N)[nH]c(=O)c2n1)c1ccc(C(=O)NC(CCC(=O)O)C(=O)O)cc1. The number of nitrogen functional groups attached to an aromatic ring is 1. The maximum atomic E-state index is 14.0. The Bertz CT molecular complexity index is 2340. The van der Waals surface area contributed by atoms with Gasteiger partial charge in [0.25, 0.3) is 23.3 Å². The lowest BCUT2D eigenvalue weighted by atomic mass is 10.1. The van der Waals surface area contributed by atoms with E-state index in [2.05, 4.69) is 29.8 Å². The number of aliphatic hydroxyl groups excluding tert-OH is 2. The first-order chi connectivity index (χ1) is 26.8. The predicted molar refractivity (Wildman–Crippen MR) is 192 cm³/mol. The number of nitrogens with one attached hydrogen (secondary N) is 2. The largest absolute Gasteiger partial charge is 0.481 e. The van der Waals surface area contributed by atoms with Crippen LogP contribution in [0, 0.1) is 0 Å². The first-order valence-electron chi connectivity index (χ1n) is 16.4. The number of nitrogens with two attached hydrogens (primary N) is 2. The summed E-state index contributed by atoms with van der Waals surface area (Å²) in [6.07, 6.45) is -4.32. The van der Waals surface area contributed by atoms with Crippen LogP contribution in [0.4, 0.5) is 11.6 Å². The Balaban J connectivity index is 1.48. The van der Waals surface area contributed by atoms with Crippen molar-refractivity contribution < 1.29 is 68.0 Å². The number of nitrogens with zero attached hydrogens (tertiary/aromatic N) is 5. The number of carbonyl (C=O) groups excluding carboxylic acids is 3. The lowest BCUT2D eigenvalue weighted by molar-refractivity contribution is -0.140. The van der Waals surface area contributed by atoms with Crippen LogP contribution >= 0.6 is 7.82 Å². The number of fused-ring (bicyclic) bond motifs is 1. The van der Waals surface area contributed by atoms with Crippen molar-refractivity contribution in [2.75, 3.05) is 17.2 Å². The van der Waals surface area contributed by atoms with Crippen molar-refractivity contribution in [1.82, 2.24) is 29.8 Å². The highest BCUT2D eigenvalue weighted by Gasteiger charge is 2.45. The van der Waals surface area contributed by atoms with Gasteiger partial charge in [-0.3, -0.25) is 33.5 Å². The second-order valence-electron chi connectivity index (χ2n) is 12.3. The minimum absolute atomic E-state index is 0.0564. The molecular formula is C32H34N9O15P. The Morgan fingerprint density at radius 2 is 1.77 bits per heavy atom. The lowest BCUT2D eigenvalue weighted by Crippen LogP contribution is -2.41. The molecule has 1 aliphatic rings. The van der Waals surface area contributed by atoms with Gasteiger partial charge in [0.05, 0.1) is 36.4 Å². The summed E-state index contributed by atoms with van der Waals surface area (Å²) in [5, 5.41) is 41.8. The van der Waals surface area contributed by atoms with E-state index in [1.807, 2.05) is 0 Å². The van der Waals surface area contributed by atoms with Crippen molar-refractivity contribution in [2.45, 2.75) is 50.0 Å². The van der Waals surface area contributed by atoms with E-state index in [9.17, 15) is 48.7 Å². The molecule has 5 rings (SSSR count). The zero-order valence-electron chi connectivity index (χ0n) is 29.1. The number of phosphoric ester groups is 1. The van der Waals surface area contributed by atoms with Gasteiger partial charge in [-0.2, -0.15) is 0 Å². The third-order valence-corrected chi connectivity index (χ3v) is 8.86. The summed E-state index contributed by atoms with van der Waals surface area (Å²) >= 11 is 0. The van der Waals surface area contributed by atoms with Gasteiger partial charge in [-0.15, -0.1) is 0 Å². The van der Waals surface area contributed by atoms with Gasteiger partial charge in [0.15, 0.2) is 17.4 Å². The molecule has 0 radical (unpaired) electrons. The third kappa shape index (κ3) is 10.1. The van der Waals surface area contributed by atoms with E-state index in [0.29, 0.717) is 0 Å². The number of aromatic amines is 1. The molecule has 4 heterocycles. The molecule has 0 saturated carbocycles. The summed E-state index contributed by atoms with van der Waals surface area (Å²) in [6.45, 7) is -1.16. The Morgan fingerprint density at radius 3 is 2.40 bits per heavy atom. The molecule has 57 heavy (non-hydrogen) atoms. The molecule has 12 N–H and O–H groups in total. The first kappa shape index (κ1) is 41.8. The highest BCUT2D eigenvalue weighted by molar-refractivity contribution is 7.46. The number of ether oxygens (including phenoxy) is 1. The van der Waals surface area contributed by atoms with Crippen molar-refractivity contribution in [3.63, 3.8) is 0 Å². The number of benzene rings is 1. The van der Waals surface area contributed by atoms with Gasteiger partial charge in [0.2, 0.25) is 5.95 Å². The molecule has 3 aromatic heterocycles. The number of carboxylic acids is 2. The smallest absolute Gasteiger partial charge is 0.469 e. The van der Waals surface area contributed by atoms with E-state index in [1.54, 1.807) is 0 Å². The number of aromatic nitrogens is 5. The number of aliphatic hydroxyl groups is 2. The normalized spacial score (nSPS) is 18.7. The summed E-state index contributed by atoms with van der Waals surface area (Å²) in [5.74, 6) is -5.62. The monoisotopic (exact) mass is 815 g/mol. The molecule has 0 spiro atoms. The lowest BCUT2D eigenvalue weighted by Gasteiger charge is -2.22. The van der Waals surface area contributed by atoms with Gasteiger partial charge in [-0.25, -0.2) is 24.3 Å². The van der Waals surface area contributed by atoms with Crippen molar-refractivity contribution in [3.8, 4) is 0 Å². The number of hydrogen-bond donors (Lipinski definition) is 10. The molecule has 1 aliphatic heterocycles. The topological polar surface area (TPSA) is 386 Å². The number of carboxylic acid groups (broad SMARTS) is 2. The zero-order valence-corrected chi connectivity index (χ0v) is 30.0. The Labute approximate surface area is 318 Å². The summed E-state index contributed by atoms with van der Waals surface area (Å²) in [4.78, 5) is 108. The minimum Gasteiger partial charge on any atom is -0.481 e.